The summed E-state index contributed by atoms with van der Waals surface area (Å²) in [4.78, 5) is 13.1. The standard InChI is InChI=1S/C23H28FN5/c1-3-17(12-19(24)4-2)15-26-22-14-21(27-16-28-22)18-10-11-25-23(13-18)29-20-8-6-5-7-9-20/h3-4,10-14,16,20H,2,5-9,15H2,1H3,(H,25,29)(H,26,27,28)/b17-3+,19-12+. The molecular formula is C23H28FN5. The number of rotatable bonds is 8. The molecule has 6 heteroatoms. The van der Waals surface area contributed by atoms with Crippen LogP contribution in [-0.2, 0) is 0 Å². The molecule has 2 aromatic rings. The average Bonchev–Trinajstić information content (AvgIpc) is 2.77. The first-order chi connectivity index (χ1) is 14.2. The number of nitrogens with one attached hydrogen (secondary N) is 2. The van der Waals surface area contributed by atoms with Gasteiger partial charge in [-0.1, -0.05) is 31.9 Å². The zero-order valence-corrected chi connectivity index (χ0v) is 16.9. The van der Waals surface area contributed by atoms with Gasteiger partial charge in [-0.2, -0.15) is 0 Å². The molecule has 1 aliphatic rings. The molecule has 2 N–H and O–H groups in total. The lowest BCUT2D eigenvalue weighted by atomic mass is 9.95. The van der Waals surface area contributed by atoms with Crippen LogP contribution < -0.4 is 10.6 Å². The summed E-state index contributed by atoms with van der Waals surface area (Å²) >= 11 is 0. The molecule has 0 amide bonds. The van der Waals surface area contributed by atoms with E-state index in [0.717, 1.165) is 22.6 Å². The van der Waals surface area contributed by atoms with Gasteiger partial charge in [-0.15, -0.1) is 0 Å². The first-order valence-electron chi connectivity index (χ1n) is 10.1. The lowest BCUT2D eigenvalue weighted by molar-refractivity contribution is 0.462. The second kappa shape index (κ2) is 10.5. The number of halogens is 1. The number of hydrogen-bond acceptors (Lipinski definition) is 5. The highest BCUT2D eigenvalue weighted by Crippen LogP contribution is 2.24. The molecule has 3 rings (SSSR count). The zero-order chi connectivity index (χ0) is 20.5. The lowest BCUT2D eigenvalue weighted by Crippen LogP contribution is -2.22. The van der Waals surface area contributed by atoms with E-state index in [1.165, 1.54) is 50.6 Å². The molecule has 0 aromatic carbocycles. The molecule has 1 aliphatic carbocycles. The molecule has 29 heavy (non-hydrogen) atoms. The van der Waals surface area contributed by atoms with Gasteiger partial charge in [0.2, 0.25) is 0 Å². The first kappa shape index (κ1) is 20.7. The predicted molar refractivity (Wildman–Crippen MR) is 117 cm³/mol. The SMILES string of the molecule is C=C/C(F)=C\C(=C/C)CNc1cc(-c2ccnc(NC3CCCCC3)c2)ncn1. The molecule has 0 unspecified atom stereocenters. The van der Waals surface area contributed by atoms with Crippen LogP contribution in [0.25, 0.3) is 11.3 Å². The highest BCUT2D eigenvalue weighted by molar-refractivity contribution is 5.65. The fourth-order valence-electron chi connectivity index (χ4n) is 3.40. The topological polar surface area (TPSA) is 62.7 Å². The number of aromatic nitrogens is 3. The van der Waals surface area contributed by atoms with Crippen molar-refractivity contribution in [3.05, 3.63) is 66.9 Å². The highest BCUT2D eigenvalue weighted by Gasteiger charge is 2.14. The summed E-state index contributed by atoms with van der Waals surface area (Å²) in [7, 11) is 0. The van der Waals surface area contributed by atoms with E-state index in [2.05, 4.69) is 32.2 Å². The summed E-state index contributed by atoms with van der Waals surface area (Å²) in [5, 5.41) is 6.77. The Morgan fingerprint density at radius 3 is 2.76 bits per heavy atom. The van der Waals surface area contributed by atoms with E-state index >= 15 is 0 Å². The summed E-state index contributed by atoms with van der Waals surface area (Å²) in [5.74, 6) is 1.20. The number of anilines is 2. The maximum absolute atomic E-state index is 13.4. The Kier molecular flexibility index (Phi) is 7.50. The Hall–Kier alpha value is -3.02. The van der Waals surface area contributed by atoms with Crippen molar-refractivity contribution in [2.45, 2.75) is 45.1 Å². The van der Waals surface area contributed by atoms with Gasteiger partial charge in [-0.05, 0) is 49.6 Å². The monoisotopic (exact) mass is 393 g/mol. The second-order valence-corrected chi connectivity index (χ2v) is 7.15. The van der Waals surface area contributed by atoms with E-state index in [9.17, 15) is 4.39 Å². The van der Waals surface area contributed by atoms with E-state index < -0.39 is 0 Å². The third kappa shape index (κ3) is 6.24. The second-order valence-electron chi connectivity index (χ2n) is 7.15. The van der Waals surface area contributed by atoms with Crippen molar-refractivity contribution in [1.82, 2.24) is 15.0 Å². The van der Waals surface area contributed by atoms with Crippen molar-refractivity contribution in [2.24, 2.45) is 0 Å². The number of allylic oxidation sites excluding steroid dienone is 3. The van der Waals surface area contributed by atoms with Crippen molar-refractivity contribution in [3.63, 3.8) is 0 Å². The minimum absolute atomic E-state index is 0.363. The maximum atomic E-state index is 13.4. The Bertz CT molecular complexity index is 884. The summed E-state index contributed by atoms with van der Waals surface area (Å²) in [6.45, 7) is 5.76. The minimum atomic E-state index is -0.363. The first-order valence-corrected chi connectivity index (χ1v) is 10.1. The molecular weight excluding hydrogens is 365 g/mol. The normalized spacial score (nSPS) is 15.8. The predicted octanol–water partition coefficient (Wildman–Crippen LogP) is 5.68. The third-order valence-electron chi connectivity index (χ3n) is 5.04. The fourth-order valence-corrected chi connectivity index (χ4v) is 3.40. The fraction of sp³-hybridized carbons (Fsp3) is 0.348. The van der Waals surface area contributed by atoms with Crippen LogP contribution in [0.4, 0.5) is 16.0 Å². The van der Waals surface area contributed by atoms with Gasteiger partial charge in [0, 0.05) is 30.4 Å². The van der Waals surface area contributed by atoms with E-state index in [1.807, 2.05) is 31.2 Å². The quantitative estimate of drug-likeness (QED) is 0.565. The number of nitrogens with zero attached hydrogens (tertiary/aromatic N) is 3. The summed E-state index contributed by atoms with van der Waals surface area (Å²) in [6, 6.07) is 6.36. The van der Waals surface area contributed by atoms with Gasteiger partial charge in [0.15, 0.2) is 0 Å². The average molecular weight is 394 g/mol. The molecule has 2 heterocycles. The van der Waals surface area contributed by atoms with Crippen molar-refractivity contribution in [2.75, 3.05) is 17.2 Å². The Morgan fingerprint density at radius 2 is 2.00 bits per heavy atom. The van der Waals surface area contributed by atoms with E-state index in [4.69, 9.17) is 0 Å². The van der Waals surface area contributed by atoms with Crippen LogP contribution >= 0.6 is 0 Å². The molecule has 0 aliphatic heterocycles. The summed E-state index contributed by atoms with van der Waals surface area (Å²) < 4.78 is 13.4. The molecule has 5 nitrogen and oxygen atoms in total. The van der Waals surface area contributed by atoms with Gasteiger partial charge >= 0.3 is 0 Å². The lowest BCUT2D eigenvalue weighted by Gasteiger charge is -2.23. The maximum Gasteiger partial charge on any atom is 0.130 e. The largest absolute Gasteiger partial charge is 0.367 e. The van der Waals surface area contributed by atoms with Crippen LogP contribution in [-0.4, -0.2) is 27.5 Å². The third-order valence-corrected chi connectivity index (χ3v) is 5.04. The smallest absolute Gasteiger partial charge is 0.130 e. The molecule has 0 spiro atoms. The summed E-state index contributed by atoms with van der Waals surface area (Å²) in [5.41, 5.74) is 2.60. The van der Waals surface area contributed by atoms with Crippen LogP contribution in [0.2, 0.25) is 0 Å². The Morgan fingerprint density at radius 1 is 1.17 bits per heavy atom. The van der Waals surface area contributed by atoms with E-state index in [0.29, 0.717) is 18.4 Å². The van der Waals surface area contributed by atoms with Crippen molar-refractivity contribution in [1.29, 1.82) is 0 Å². The number of pyridine rings is 1. The molecule has 0 saturated heterocycles. The molecule has 1 fully saturated rings. The van der Waals surface area contributed by atoms with E-state index in [-0.39, 0.29) is 5.83 Å². The van der Waals surface area contributed by atoms with Gasteiger partial charge in [-0.3, -0.25) is 0 Å². The van der Waals surface area contributed by atoms with Crippen LogP contribution in [0.3, 0.4) is 0 Å². The molecule has 2 aromatic heterocycles. The van der Waals surface area contributed by atoms with Crippen LogP contribution in [0.15, 0.2) is 66.9 Å². The van der Waals surface area contributed by atoms with Gasteiger partial charge in [-0.25, -0.2) is 19.3 Å². The highest BCUT2D eigenvalue weighted by atomic mass is 19.1. The van der Waals surface area contributed by atoms with Gasteiger partial charge in [0.1, 0.15) is 23.8 Å². The van der Waals surface area contributed by atoms with Gasteiger partial charge in [0.25, 0.3) is 0 Å². The van der Waals surface area contributed by atoms with Crippen LogP contribution in [0.5, 0.6) is 0 Å². The Balaban J connectivity index is 1.69. The van der Waals surface area contributed by atoms with E-state index in [1.54, 1.807) is 6.20 Å². The molecule has 0 bridgehead atoms. The molecule has 1 saturated carbocycles. The van der Waals surface area contributed by atoms with Gasteiger partial charge in [0.05, 0.1) is 5.69 Å². The van der Waals surface area contributed by atoms with Gasteiger partial charge < -0.3 is 10.6 Å². The minimum Gasteiger partial charge on any atom is -0.367 e. The number of hydrogen-bond donors (Lipinski definition) is 2. The molecule has 152 valence electrons. The molecule has 0 atom stereocenters. The summed E-state index contributed by atoms with van der Waals surface area (Å²) in [6.07, 6.45) is 14.1. The van der Waals surface area contributed by atoms with Crippen molar-refractivity contribution < 1.29 is 4.39 Å². The van der Waals surface area contributed by atoms with Crippen molar-refractivity contribution >= 4 is 11.6 Å². The van der Waals surface area contributed by atoms with Crippen LogP contribution in [0.1, 0.15) is 39.0 Å². The molecule has 0 radical (unpaired) electrons. The zero-order valence-electron chi connectivity index (χ0n) is 16.9. The van der Waals surface area contributed by atoms with Crippen molar-refractivity contribution in [3.8, 4) is 11.3 Å². The van der Waals surface area contributed by atoms with Crippen LogP contribution in [0, 0.1) is 0 Å². The Labute approximate surface area is 171 Å².